The lowest BCUT2D eigenvalue weighted by Crippen LogP contribution is -2.37. The number of benzene rings is 1. The van der Waals surface area contributed by atoms with Crippen LogP contribution in [-0.4, -0.2) is 24.2 Å². The van der Waals surface area contributed by atoms with Crippen LogP contribution in [0.15, 0.2) is 42.6 Å². The van der Waals surface area contributed by atoms with E-state index in [-0.39, 0.29) is 6.03 Å². The number of nitrogens with one attached hydrogen (secondary N) is 2. The van der Waals surface area contributed by atoms with Crippen molar-refractivity contribution in [2.24, 2.45) is 0 Å². The van der Waals surface area contributed by atoms with Crippen LogP contribution in [0.25, 0.3) is 0 Å². The average molecular weight is 299 g/mol. The molecule has 0 radical (unpaired) electrons. The minimum absolute atomic E-state index is 0.227. The third-order valence-corrected chi connectivity index (χ3v) is 3.13. The number of pyridine rings is 1. The molecule has 0 saturated heterocycles. The third kappa shape index (κ3) is 5.09. The Morgan fingerprint density at radius 2 is 2.05 bits per heavy atom. The summed E-state index contributed by atoms with van der Waals surface area (Å²) >= 11 is 0. The summed E-state index contributed by atoms with van der Waals surface area (Å²) in [6.45, 7) is 5.34. The Hall–Kier alpha value is -2.56. The summed E-state index contributed by atoms with van der Waals surface area (Å²) in [4.78, 5) is 15.8. The molecule has 0 bridgehead atoms. The van der Waals surface area contributed by atoms with E-state index in [0.29, 0.717) is 19.7 Å². The molecule has 0 saturated carbocycles. The summed E-state index contributed by atoms with van der Waals surface area (Å²) in [5.74, 6) is 0.848. The standard InChI is InChI=1S/C17H21N3O2/c1-13-6-7-16(14(2)11-13)22-10-9-19-17(21)20-12-15-5-3-4-8-18-15/h3-8,11H,9-10,12H2,1-2H3,(H2,19,20,21). The number of hydrogen-bond donors (Lipinski definition) is 2. The van der Waals surface area contributed by atoms with Gasteiger partial charge in [-0.05, 0) is 37.6 Å². The fourth-order valence-corrected chi connectivity index (χ4v) is 2.02. The first-order valence-electron chi connectivity index (χ1n) is 7.27. The van der Waals surface area contributed by atoms with Gasteiger partial charge < -0.3 is 15.4 Å². The Kier molecular flexibility index (Phi) is 5.77. The lowest BCUT2D eigenvalue weighted by Gasteiger charge is -2.11. The number of carbonyl (C=O) groups excluding carboxylic acids is 1. The van der Waals surface area contributed by atoms with Crippen LogP contribution < -0.4 is 15.4 Å². The van der Waals surface area contributed by atoms with E-state index >= 15 is 0 Å². The van der Waals surface area contributed by atoms with Gasteiger partial charge in [0.1, 0.15) is 12.4 Å². The van der Waals surface area contributed by atoms with E-state index in [0.717, 1.165) is 17.0 Å². The summed E-state index contributed by atoms with van der Waals surface area (Å²) in [6, 6.07) is 11.4. The van der Waals surface area contributed by atoms with Crippen molar-refractivity contribution in [1.29, 1.82) is 0 Å². The number of ether oxygens (including phenoxy) is 1. The van der Waals surface area contributed by atoms with Crippen molar-refractivity contribution < 1.29 is 9.53 Å². The second-order valence-electron chi connectivity index (χ2n) is 5.05. The molecular weight excluding hydrogens is 278 g/mol. The van der Waals surface area contributed by atoms with Crippen LogP contribution in [0.3, 0.4) is 0 Å². The molecule has 1 heterocycles. The summed E-state index contributed by atoms with van der Waals surface area (Å²) < 4.78 is 5.65. The number of aryl methyl sites for hydroxylation is 2. The van der Waals surface area contributed by atoms with Gasteiger partial charge in [0.05, 0.1) is 18.8 Å². The zero-order chi connectivity index (χ0) is 15.8. The van der Waals surface area contributed by atoms with Crippen LogP contribution in [0.1, 0.15) is 16.8 Å². The van der Waals surface area contributed by atoms with Gasteiger partial charge in [-0.15, -0.1) is 0 Å². The summed E-state index contributed by atoms with van der Waals surface area (Å²) in [5.41, 5.74) is 3.13. The van der Waals surface area contributed by atoms with Crippen LogP contribution in [0.5, 0.6) is 5.75 Å². The number of carbonyl (C=O) groups is 1. The predicted octanol–water partition coefficient (Wildman–Crippen LogP) is 2.58. The van der Waals surface area contributed by atoms with Gasteiger partial charge in [0.15, 0.2) is 0 Å². The fourth-order valence-electron chi connectivity index (χ4n) is 2.02. The van der Waals surface area contributed by atoms with E-state index in [1.54, 1.807) is 6.20 Å². The summed E-state index contributed by atoms with van der Waals surface area (Å²) in [7, 11) is 0. The van der Waals surface area contributed by atoms with Crippen LogP contribution in [0, 0.1) is 13.8 Å². The van der Waals surface area contributed by atoms with Crippen molar-refractivity contribution in [3.05, 3.63) is 59.4 Å². The van der Waals surface area contributed by atoms with Gasteiger partial charge >= 0.3 is 6.03 Å². The zero-order valence-corrected chi connectivity index (χ0v) is 12.9. The van der Waals surface area contributed by atoms with E-state index in [9.17, 15) is 4.79 Å². The lowest BCUT2D eigenvalue weighted by molar-refractivity contribution is 0.236. The molecule has 2 N–H and O–H groups in total. The Balaban J connectivity index is 1.65. The van der Waals surface area contributed by atoms with Crippen molar-refractivity contribution in [3.8, 4) is 5.75 Å². The van der Waals surface area contributed by atoms with Crippen LogP contribution in [-0.2, 0) is 6.54 Å². The molecule has 22 heavy (non-hydrogen) atoms. The van der Waals surface area contributed by atoms with Crippen molar-refractivity contribution in [3.63, 3.8) is 0 Å². The molecule has 0 aliphatic rings. The van der Waals surface area contributed by atoms with Gasteiger partial charge in [-0.3, -0.25) is 4.98 Å². The van der Waals surface area contributed by atoms with Crippen LogP contribution >= 0.6 is 0 Å². The smallest absolute Gasteiger partial charge is 0.315 e. The van der Waals surface area contributed by atoms with Crippen molar-refractivity contribution in [2.75, 3.05) is 13.2 Å². The third-order valence-electron chi connectivity index (χ3n) is 3.13. The first-order chi connectivity index (χ1) is 10.6. The van der Waals surface area contributed by atoms with E-state index in [4.69, 9.17) is 4.74 Å². The number of rotatable bonds is 6. The summed E-state index contributed by atoms with van der Waals surface area (Å²) in [6.07, 6.45) is 1.70. The molecule has 1 aromatic heterocycles. The molecular formula is C17H21N3O2. The zero-order valence-electron chi connectivity index (χ0n) is 12.9. The minimum atomic E-state index is -0.227. The molecule has 2 rings (SSSR count). The first kappa shape index (κ1) is 15.8. The van der Waals surface area contributed by atoms with Crippen molar-refractivity contribution >= 4 is 6.03 Å². The molecule has 0 spiro atoms. The quantitative estimate of drug-likeness (QED) is 0.806. The normalized spacial score (nSPS) is 10.1. The molecule has 1 aromatic carbocycles. The minimum Gasteiger partial charge on any atom is -0.491 e. The highest BCUT2D eigenvalue weighted by molar-refractivity contribution is 5.73. The Bertz CT molecular complexity index is 615. The SMILES string of the molecule is Cc1ccc(OCCNC(=O)NCc2ccccn2)c(C)c1. The molecule has 5 nitrogen and oxygen atoms in total. The van der Waals surface area contributed by atoms with Gasteiger partial charge in [-0.2, -0.15) is 0 Å². The highest BCUT2D eigenvalue weighted by atomic mass is 16.5. The highest BCUT2D eigenvalue weighted by Gasteiger charge is 2.02. The van der Waals surface area contributed by atoms with E-state index in [2.05, 4.69) is 21.7 Å². The highest BCUT2D eigenvalue weighted by Crippen LogP contribution is 2.18. The van der Waals surface area contributed by atoms with Gasteiger partial charge in [0.2, 0.25) is 0 Å². The molecule has 0 unspecified atom stereocenters. The molecule has 0 aliphatic carbocycles. The molecule has 0 atom stereocenters. The molecule has 0 aliphatic heterocycles. The summed E-state index contributed by atoms with van der Waals surface area (Å²) in [5, 5.41) is 5.50. The number of urea groups is 1. The second kappa shape index (κ2) is 8.02. The van der Waals surface area contributed by atoms with Crippen LogP contribution in [0.4, 0.5) is 4.79 Å². The van der Waals surface area contributed by atoms with Crippen molar-refractivity contribution in [1.82, 2.24) is 15.6 Å². The Morgan fingerprint density at radius 3 is 2.77 bits per heavy atom. The average Bonchev–Trinajstić information content (AvgIpc) is 2.52. The van der Waals surface area contributed by atoms with E-state index in [1.165, 1.54) is 5.56 Å². The maximum Gasteiger partial charge on any atom is 0.315 e. The topological polar surface area (TPSA) is 63.2 Å². The number of hydrogen-bond acceptors (Lipinski definition) is 3. The fraction of sp³-hybridized carbons (Fsp3) is 0.294. The molecule has 116 valence electrons. The molecule has 5 heteroatoms. The maximum absolute atomic E-state index is 11.6. The van der Waals surface area contributed by atoms with E-state index in [1.807, 2.05) is 44.2 Å². The molecule has 0 fully saturated rings. The van der Waals surface area contributed by atoms with Gasteiger partial charge in [-0.25, -0.2) is 4.79 Å². The maximum atomic E-state index is 11.6. The number of nitrogens with zero attached hydrogens (tertiary/aromatic N) is 1. The van der Waals surface area contributed by atoms with Gasteiger partial charge in [-0.1, -0.05) is 23.8 Å². The Labute approximate surface area is 130 Å². The van der Waals surface area contributed by atoms with Crippen LogP contribution in [0.2, 0.25) is 0 Å². The van der Waals surface area contributed by atoms with Crippen molar-refractivity contribution in [2.45, 2.75) is 20.4 Å². The Morgan fingerprint density at radius 1 is 1.18 bits per heavy atom. The van der Waals surface area contributed by atoms with Gasteiger partial charge in [0.25, 0.3) is 0 Å². The first-order valence-corrected chi connectivity index (χ1v) is 7.27. The van der Waals surface area contributed by atoms with E-state index < -0.39 is 0 Å². The molecule has 2 aromatic rings. The lowest BCUT2D eigenvalue weighted by atomic mass is 10.1. The predicted molar refractivity (Wildman–Crippen MR) is 85.9 cm³/mol. The van der Waals surface area contributed by atoms with Gasteiger partial charge in [0, 0.05) is 6.20 Å². The number of aromatic nitrogens is 1. The second-order valence-corrected chi connectivity index (χ2v) is 5.05. The molecule has 2 amide bonds. The largest absolute Gasteiger partial charge is 0.491 e. The number of amides is 2. The monoisotopic (exact) mass is 299 g/mol.